The Hall–Kier alpha value is -0.0400. The minimum absolute atomic E-state index is 0. The molecule has 5 heteroatoms. The summed E-state index contributed by atoms with van der Waals surface area (Å²) in [5.74, 6) is 1.52. The molecule has 2 rings (SSSR count). The Morgan fingerprint density at radius 1 is 1.35 bits per heavy atom. The molecule has 1 heterocycles. The van der Waals surface area contributed by atoms with Crippen LogP contribution in [-0.4, -0.2) is 54.0 Å². The number of likely N-dealkylation sites (tertiary alicyclic amines) is 1. The minimum atomic E-state index is 0. The van der Waals surface area contributed by atoms with Gasteiger partial charge in [-0.1, -0.05) is 6.92 Å². The number of hydrogen-bond donors (Lipinski definition) is 1. The van der Waals surface area contributed by atoms with Crippen molar-refractivity contribution in [2.24, 2.45) is 16.6 Å². The van der Waals surface area contributed by atoms with Crippen LogP contribution >= 0.6 is 24.0 Å². The van der Waals surface area contributed by atoms with E-state index in [9.17, 15) is 0 Å². The molecule has 0 aromatic heterocycles. The van der Waals surface area contributed by atoms with Crippen LogP contribution in [0, 0.1) is 5.92 Å². The standard InChI is InChI=1S/C15H30N4.HI/c1-12-6-5-9-19(10-12)15(2,3)11-17-14(16)18(4)13-7-8-13;/h12-13H,5-11H2,1-4H3,(H2,16,17);1H. The molecule has 1 saturated heterocycles. The van der Waals surface area contributed by atoms with Crippen LogP contribution in [0.5, 0.6) is 0 Å². The van der Waals surface area contributed by atoms with E-state index in [0.29, 0.717) is 12.0 Å². The molecule has 2 aliphatic rings. The van der Waals surface area contributed by atoms with Crippen LogP contribution in [0.15, 0.2) is 4.99 Å². The monoisotopic (exact) mass is 394 g/mol. The van der Waals surface area contributed by atoms with E-state index in [0.717, 1.165) is 12.5 Å². The number of aliphatic imine (C=N–C) groups is 1. The fraction of sp³-hybridized carbons (Fsp3) is 0.933. The van der Waals surface area contributed by atoms with Gasteiger partial charge in [-0.25, -0.2) is 0 Å². The molecule has 1 aliphatic carbocycles. The van der Waals surface area contributed by atoms with E-state index in [2.05, 4.69) is 42.6 Å². The Kier molecular flexibility index (Phi) is 6.57. The quantitative estimate of drug-likeness (QED) is 0.453. The lowest BCUT2D eigenvalue weighted by Gasteiger charge is -2.42. The SMILES string of the molecule is CC1CCCN(C(C)(C)CN=C(N)N(C)C2CC2)C1.I. The van der Waals surface area contributed by atoms with Crippen molar-refractivity contribution in [3.8, 4) is 0 Å². The van der Waals surface area contributed by atoms with Gasteiger partial charge in [0.2, 0.25) is 0 Å². The molecule has 1 unspecified atom stereocenters. The van der Waals surface area contributed by atoms with Gasteiger partial charge in [-0.2, -0.15) is 0 Å². The zero-order chi connectivity index (χ0) is 14.0. The van der Waals surface area contributed by atoms with Gasteiger partial charge in [0.1, 0.15) is 0 Å². The molecule has 2 N–H and O–H groups in total. The van der Waals surface area contributed by atoms with Crippen molar-refractivity contribution in [1.82, 2.24) is 9.80 Å². The van der Waals surface area contributed by atoms with Gasteiger partial charge in [-0.05, 0) is 52.0 Å². The summed E-state index contributed by atoms with van der Waals surface area (Å²) in [6.07, 6.45) is 5.20. The summed E-state index contributed by atoms with van der Waals surface area (Å²) in [6.45, 7) is 10.1. The zero-order valence-electron chi connectivity index (χ0n) is 13.4. The molecule has 20 heavy (non-hydrogen) atoms. The summed E-state index contributed by atoms with van der Waals surface area (Å²) >= 11 is 0. The summed E-state index contributed by atoms with van der Waals surface area (Å²) in [7, 11) is 2.06. The van der Waals surface area contributed by atoms with E-state index in [4.69, 9.17) is 5.73 Å². The number of rotatable bonds is 4. The first-order chi connectivity index (χ1) is 8.90. The van der Waals surface area contributed by atoms with Crippen LogP contribution in [0.1, 0.15) is 46.5 Å². The van der Waals surface area contributed by atoms with Gasteiger partial charge < -0.3 is 10.6 Å². The lowest BCUT2D eigenvalue weighted by atomic mass is 9.94. The molecule has 2 fully saturated rings. The topological polar surface area (TPSA) is 44.9 Å². The highest BCUT2D eigenvalue weighted by Gasteiger charge is 2.31. The van der Waals surface area contributed by atoms with Crippen molar-refractivity contribution >= 4 is 29.9 Å². The molecule has 0 bridgehead atoms. The Labute approximate surface area is 141 Å². The van der Waals surface area contributed by atoms with E-state index >= 15 is 0 Å². The molecule has 0 amide bonds. The second-order valence-corrected chi connectivity index (χ2v) is 7.02. The number of halogens is 1. The minimum Gasteiger partial charge on any atom is -0.370 e. The molecule has 0 aromatic rings. The zero-order valence-corrected chi connectivity index (χ0v) is 15.8. The smallest absolute Gasteiger partial charge is 0.191 e. The van der Waals surface area contributed by atoms with E-state index in [1.165, 1.54) is 38.8 Å². The highest BCUT2D eigenvalue weighted by Crippen LogP contribution is 2.26. The number of piperidine rings is 1. The van der Waals surface area contributed by atoms with Crippen LogP contribution in [0.2, 0.25) is 0 Å². The Balaban J connectivity index is 0.00000200. The lowest BCUT2D eigenvalue weighted by molar-refractivity contribution is 0.0773. The average molecular weight is 394 g/mol. The highest BCUT2D eigenvalue weighted by molar-refractivity contribution is 14.0. The van der Waals surface area contributed by atoms with Crippen molar-refractivity contribution in [3.63, 3.8) is 0 Å². The molecule has 1 saturated carbocycles. The fourth-order valence-corrected chi connectivity index (χ4v) is 2.87. The summed E-state index contributed by atoms with van der Waals surface area (Å²) in [5, 5.41) is 0. The van der Waals surface area contributed by atoms with Gasteiger partial charge in [0.05, 0.1) is 6.54 Å². The van der Waals surface area contributed by atoms with Crippen molar-refractivity contribution in [3.05, 3.63) is 0 Å². The van der Waals surface area contributed by atoms with Crippen molar-refractivity contribution < 1.29 is 0 Å². The summed E-state index contributed by atoms with van der Waals surface area (Å²) in [4.78, 5) is 9.35. The van der Waals surface area contributed by atoms with E-state index in [-0.39, 0.29) is 29.5 Å². The third kappa shape index (κ3) is 4.76. The lowest BCUT2D eigenvalue weighted by Crippen LogP contribution is -2.51. The maximum absolute atomic E-state index is 6.08. The van der Waals surface area contributed by atoms with E-state index in [1.54, 1.807) is 0 Å². The van der Waals surface area contributed by atoms with Gasteiger partial charge in [0.25, 0.3) is 0 Å². The molecule has 118 valence electrons. The molecule has 1 atom stereocenters. The first-order valence-corrected chi connectivity index (χ1v) is 7.68. The first kappa shape index (κ1) is 18.0. The number of nitrogens with zero attached hydrogens (tertiary/aromatic N) is 3. The predicted molar refractivity (Wildman–Crippen MR) is 96.7 cm³/mol. The Morgan fingerprint density at radius 2 is 2.00 bits per heavy atom. The van der Waals surface area contributed by atoms with E-state index in [1.807, 2.05) is 0 Å². The van der Waals surface area contributed by atoms with Crippen molar-refractivity contribution in [1.29, 1.82) is 0 Å². The van der Waals surface area contributed by atoms with Gasteiger partial charge in [-0.15, -0.1) is 24.0 Å². The average Bonchev–Trinajstić information content (AvgIpc) is 3.19. The number of hydrogen-bond acceptors (Lipinski definition) is 2. The third-order valence-electron chi connectivity index (χ3n) is 4.60. The van der Waals surface area contributed by atoms with Gasteiger partial charge >= 0.3 is 0 Å². The van der Waals surface area contributed by atoms with Crippen molar-refractivity contribution in [2.45, 2.75) is 58.0 Å². The van der Waals surface area contributed by atoms with Gasteiger partial charge in [0, 0.05) is 25.2 Å². The fourth-order valence-electron chi connectivity index (χ4n) is 2.87. The van der Waals surface area contributed by atoms with Crippen LogP contribution in [-0.2, 0) is 0 Å². The van der Waals surface area contributed by atoms with Crippen LogP contribution < -0.4 is 5.73 Å². The van der Waals surface area contributed by atoms with Crippen LogP contribution in [0.4, 0.5) is 0 Å². The molecular formula is C15H31IN4. The Bertz CT molecular complexity index is 339. The normalized spacial score (nSPS) is 25.2. The molecule has 0 radical (unpaired) electrons. The van der Waals surface area contributed by atoms with Crippen LogP contribution in [0.25, 0.3) is 0 Å². The second-order valence-electron chi connectivity index (χ2n) is 7.02. The summed E-state index contributed by atoms with van der Waals surface area (Å²) in [6, 6.07) is 0.641. The third-order valence-corrected chi connectivity index (χ3v) is 4.60. The van der Waals surface area contributed by atoms with Crippen LogP contribution in [0.3, 0.4) is 0 Å². The predicted octanol–water partition coefficient (Wildman–Crippen LogP) is 2.52. The molecule has 4 nitrogen and oxygen atoms in total. The van der Waals surface area contributed by atoms with Crippen molar-refractivity contribution in [2.75, 3.05) is 26.7 Å². The van der Waals surface area contributed by atoms with E-state index < -0.39 is 0 Å². The highest BCUT2D eigenvalue weighted by atomic mass is 127. The maximum Gasteiger partial charge on any atom is 0.191 e. The molecule has 0 spiro atoms. The molecule has 1 aliphatic heterocycles. The summed E-state index contributed by atoms with van der Waals surface area (Å²) in [5.41, 5.74) is 6.19. The maximum atomic E-state index is 6.08. The largest absolute Gasteiger partial charge is 0.370 e. The second kappa shape index (κ2) is 7.29. The van der Waals surface area contributed by atoms with Gasteiger partial charge in [0.15, 0.2) is 5.96 Å². The number of nitrogens with two attached hydrogens (primary N) is 1. The first-order valence-electron chi connectivity index (χ1n) is 7.68. The van der Waals surface area contributed by atoms with Gasteiger partial charge in [-0.3, -0.25) is 9.89 Å². The number of guanidine groups is 1. The summed E-state index contributed by atoms with van der Waals surface area (Å²) < 4.78 is 0. The molecular weight excluding hydrogens is 363 g/mol. The Morgan fingerprint density at radius 3 is 2.55 bits per heavy atom. The molecule has 0 aromatic carbocycles.